The first kappa shape index (κ1) is 11.9. The van der Waals surface area contributed by atoms with E-state index in [1.807, 2.05) is 0 Å². The second kappa shape index (κ2) is 5.20. The molecule has 0 spiro atoms. The van der Waals surface area contributed by atoms with E-state index >= 15 is 0 Å². The molecule has 0 heterocycles. The summed E-state index contributed by atoms with van der Waals surface area (Å²) in [6, 6.07) is 0.492. The lowest BCUT2D eigenvalue weighted by atomic mass is 9.96. The summed E-state index contributed by atoms with van der Waals surface area (Å²) in [4.78, 5) is 11.9. The predicted molar refractivity (Wildman–Crippen MR) is 66.1 cm³/mol. The zero-order valence-corrected chi connectivity index (χ0v) is 10.7. The van der Waals surface area contributed by atoms with Gasteiger partial charge in [0.2, 0.25) is 5.91 Å². The molecule has 2 fully saturated rings. The van der Waals surface area contributed by atoms with Crippen LogP contribution in [-0.4, -0.2) is 11.9 Å². The average molecular weight is 223 g/mol. The monoisotopic (exact) mass is 223 g/mol. The maximum absolute atomic E-state index is 11.9. The number of hydrogen-bond donors (Lipinski definition) is 1. The molecule has 2 heteroatoms. The van der Waals surface area contributed by atoms with Crippen LogP contribution in [0.3, 0.4) is 0 Å². The second-order valence-electron chi connectivity index (χ2n) is 5.77. The van der Waals surface area contributed by atoms with Gasteiger partial charge in [-0.15, -0.1) is 0 Å². The highest BCUT2D eigenvalue weighted by Gasteiger charge is 2.40. The molecule has 0 aliphatic heterocycles. The molecule has 0 aromatic rings. The normalized spacial score (nSPS) is 37.4. The Balaban J connectivity index is 1.76. The molecule has 2 nitrogen and oxygen atoms in total. The largest absolute Gasteiger partial charge is 0.353 e. The van der Waals surface area contributed by atoms with Crippen molar-refractivity contribution in [3.8, 4) is 0 Å². The topological polar surface area (TPSA) is 29.1 Å². The van der Waals surface area contributed by atoms with Crippen LogP contribution in [0.15, 0.2) is 0 Å². The van der Waals surface area contributed by atoms with Crippen molar-refractivity contribution in [3.05, 3.63) is 0 Å². The number of rotatable bonds is 5. The fourth-order valence-corrected chi connectivity index (χ4v) is 3.02. The van der Waals surface area contributed by atoms with Gasteiger partial charge >= 0.3 is 0 Å². The van der Waals surface area contributed by atoms with Gasteiger partial charge in [0.25, 0.3) is 0 Å². The zero-order valence-electron chi connectivity index (χ0n) is 10.7. The van der Waals surface area contributed by atoms with E-state index in [-0.39, 0.29) is 0 Å². The van der Waals surface area contributed by atoms with Crippen molar-refractivity contribution in [3.63, 3.8) is 0 Å². The molecule has 0 aromatic heterocycles. The van der Waals surface area contributed by atoms with Crippen LogP contribution in [0.25, 0.3) is 0 Å². The number of carbonyl (C=O) groups excluding carboxylic acids is 1. The molecule has 4 atom stereocenters. The minimum atomic E-state index is 0.334. The third-order valence-electron chi connectivity index (χ3n) is 4.36. The van der Waals surface area contributed by atoms with Gasteiger partial charge in [0, 0.05) is 12.0 Å². The summed E-state index contributed by atoms with van der Waals surface area (Å²) in [5.74, 6) is 2.07. The lowest BCUT2D eigenvalue weighted by Crippen LogP contribution is -2.38. The van der Waals surface area contributed by atoms with E-state index in [1.54, 1.807) is 0 Å². The van der Waals surface area contributed by atoms with E-state index in [2.05, 4.69) is 19.2 Å². The van der Waals surface area contributed by atoms with Crippen LogP contribution in [-0.2, 0) is 4.79 Å². The standard InChI is InChI=1S/C14H25NO/c1-3-4-6-11-7-5-8-13(11)15-14(16)12-9-10(12)2/h10-13H,3-9H2,1-2H3,(H,15,16)/t10-,11-,12+,13+/m1/s1. The van der Waals surface area contributed by atoms with Gasteiger partial charge in [-0.3, -0.25) is 4.79 Å². The van der Waals surface area contributed by atoms with Gasteiger partial charge in [-0.2, -0.15) is 0 Å². The number of carbonyl (C=O) groups is 1. The highest BCUT2D eigenvalue weighted by atomic mass is 16.2. The van der Waals surface area contributed by atoms with Gasteiger partial charge in [0.1, 0.15) is 0 Å². The summed E-state index contributed by atoms with van der Waals surface area (Å²) in [6.07, 6.45) is 8.85. The third-order valence-corrected chi connectivity index (χ3v) is 4.36. The van der Waals surface area contributed by atoms with Gasteiger partial charge in [0.05, 0.1) is 0 Å². The first-order valence-corrected chi connectivity index (χ1v) is 7.02. The van der Waals surface area contributed by atoms with Crippen molar-refractivity contribution in [2.75, 3.05) is 0 Å². The molecule has 0 bridgehead atoms. The lowest BCUT2D eigenvalue weighted by Gasteiger charge is -2.20. The molecule has 2 saturated carbocycles. The Morgan fingerprint density at radius 3 is 2.75 bits per heavy atom. The van der Waals surface area contributed by atoms with E-state index in [9.17, 15) is 4.79 Å². The molecule has 0 aromatic carbocycles. The minimum Gasteiger partial charge on any atom is -0.353 e. The molecule has 2 rings (SSSR count). The van der Waals surface area contributed by atoms with E-state index in [0.29, 0.717) is 23.8 Å². The SMILES string of the molecule is CCCC[C@@H]1CCC[C@@H]1NC(=O)[C@H]1C[C@H]1C. The second-order valence-corrected chi connectivity index (χ2v) is 5.77. The average Bonchev–Trinajstić information content (AvgIpc) is 2.84. The highest BCUT2D eigenvalue weighted by molar-refractivity contribution is 5.81. The molecule has 2 aliphatic carbocycles. The molecule has 2 aliphatic rings. The molecule has 1 N–H and O–H groups in total. The Morgan fingerprint density at radius 1 is 1.38 bits per heavy atom. The van der Waals surface area contributed by atoms with Gasteiger partial charge in [-0.1, -0.05) is 33.1 Å². The quantitative estimate of drug-likeness (QED) is 0.762. The molecule has 16 heavy (non-hydrogen) atoms. The molecular weight excluding hydrogens is 198 g/mol. The third kappa shape index (κ3) is 2.78. The number of amides is 1. The van der Waals surface area contributed by atoms with E-state index < -0.39 is 0 Å². The maximum atomic E-state index is 11.9. The summed E-state index contributed by atoms with van der Waals surface area (Å²) in [5, 5.41) is 3.29. The Kier molecular flexibility index (Phi) is 3.88. The smallest absolute Gasteiger partial charge is 0.223 e. The fourth-order valence-electron chi connectivity index (χ4n) is 3.02. The van der Waals surface area contributed by atoms with Crippen molar-refractivity contribution in [2.45, 2.75) is 64.8 Å². The van der Waals surface area contributed by atoms with Crippen molar-refractivity contribution < 1.29 is 4.79 Å². The number of unbranched alkanes of at least 4 members (excludes halogenated alkanes) is 1. The fraction of sp³-hybridized carbons (Fsp3) is 0.929. The molecule has 0 saturated heterocycles. The van der Waals surface area contributed by atoms with Gasteiger partial charge in [-0.25, -0.2) is 0 Å². The molecule has 92 valence electrons. The summed E-state index contributed by atoms with van der Waals surface area (Å²) < 4.78 is 0. The Bertz CT molecular complexity index is 251. The van der Waals surface area contributed by atoms with Crippen LogP contribution >= 0.6 is 0 Å². The van der Waals surface area contributed by atoms with E-state index in [4.69, 9.17) is 0 Å². The zero-order chi connectivity index (χ0) is 11.5. The van der Waals surface area contributed by atoms with Crippen LogP contribution in [0.2, 0.25) is 0 Å². The van der Waals surface area contributed by atoms with E-state index in [1.165, 1.54) is 38.5 Å². The van der Waals surface area contributed by atoms with Crippen LogP contribution < -0.4 is 5.32 Å². The van der Waals surface area contributed by atoms with E-state index in [0.717, 1.165) is 12.3 Å². The first-order valence-electron chi connectivity index (χ1n) is 7.02. The Hall–Kier alpha value is -0.530. The Morgan fingerprint density at radius 2 is 2.12 bits per heavy atom. The summed E-state index contributed by atoms with van der Waals surface area (Å²) >= 11 is 0. The maximum Gasteiger partial charge on any atom is 0.223 e. The lowest BCUT2D eigenvalue weighted by molar-refractivity contribution is -0.123. The predicted octanol–water partition coefficient (Wildman–Crippen LogP) is 3.12. The Labute approximate surface area is 99.2 Å². The highest BCUT2D eigenvalue weighted by Crippen LogP contribution is 2.38. The van der Waals surface area contributed by atoms with Crippen molar-refractivity contribution in [1.29, 1.82) is 0 Å². The summed E-state index contributed by atoms with van der Waals surface area (Å²) in [5.41, 5.74) is 0. The van der Waals surface area contributed by atoms with Crippen LogP contribution in [0.5, 0.6) is 0 Å². The van der Waals surface area contributed by atoms with Crippen molar-refractivity contribution in [2.24, 2.45) is 17.8 Å². The molecule has 0 radical (unpaired) electrons. The first-order chi connectivity index (χ1) is 7.72. The summed E-state index contributed by atoms with van der Waals surface area (Å²) in [7, 11) is 0. The van der Waals surface area contributed by atoms with Crippen molar-refractivity contribution in [1.82, 2.24) is 5.32 Å². The molecular formula is C14H25NO. The summed E-state index contributed by atoms with van der Waals surface area (Å²) in [6.45, 7) is 4.42. The molecule has 1 amide bonds. The van der Waals surface area contributed by atoms with Gasteiger partial charge < -0.3 is 5.32 Å². The van der Waals surface area contributed by atoms with Crippen LogP contribution in [0.4, 0.5) is 0 Å². The number of nitrogens with one attached hydrogen (secondary N) is 1. The minimum absolute atomic E-state index is 0.334. The number of hydrogen-bond acceptors (Lipinski definition) is 1. The van der Waals surface area contributed by atoms with Crippen LogP contribution in [0, 0.1) is 17.8 Å². The molecule has 0 unspecified atom stereocenters. The van der Waals surface area contributed by atoms with Crippen LogP contribution in [0.1, 0.15) is 58.8 Å². The van der Waals surface area contributed by atoms with Gasteiger partial charge in [-0.05, 0) is 37.5 Å². The van der Waals surface area contributed by atoms with Gasteiger partial charge in [0.15, 0.2) is 0 Å². The van der Waals surface area contributed by atoms with Crippen molar-refractivity contribution >= 4 is 5.91 Å².